The van der Waals surface area contributed by atoms with E-state index in [1.165, 1.54) is 0 Å². The molecule has 3 aliphatic rings. The van der Waals surface area contributed by atoms with Crippen molar-refractivity contribution < 1.29 is 14.3 Å². The molecule has 0 radical (unpaired) electrons. The maximum atomic E-state index is 12.5. The molecule has 0 saturated carbocycles. The third-order valence-electron chi connectivity index (χ3n) is 5.07. The summed E-state index contributed by atoms with van der Waals surface area (Å²) in [5, 5.41) is 0. The van der Waals surface area contributed by atoms with Gasteiger partial charge >= 0.3 is 0 Å². The zero-order valence-corrected chi connectivity index (χ0v) is 12.5. The van der Waals surface area contributed by atoms with Gasteiger partial charge in [-0.05, 0) is 26.3 Å². The third-order valence-corrected chi connectivity index (χ3v) is 5.07. The summed E-state index contributed by atoms with van der Waals surface area (Å²) < 4.78 is 12.1. The minimum absolute atomic E-state index is 0.126. The molecule has 2 unspecified atom stereocenters. The van der Waals surface area contributed by atoms with E-state index in [0.717, 1.165) is 35.5 Å². The number of allylic oxidation sites excluding steroid dienone is 2. The number of ether oxygens (including phenoxy) is 2. The van der Waals surface area contributed by atoms with Crippen LogP contribution in [-0.4, -0.2) is 18.0 Å². The number of rotatable bonds is 0. The Balaban J connectivity index is 1.93. The predicted octanol–water partition coefficient (Wildman–Crippen LogP) is 3.59. The van der Waals surface area contributed by atoms with Gasteiger partial charge < -0.3 is 9.47 Å². The fraction of sp³-hybridized carbons (Fsp3) is 0.500. The monoisotopic (exact) mass is 284 g/mol. The third kappa shape index (κ3) is 1.83. The minimum atomic E-state index is -0.297. The van der Waals surface area contributed by atoms with Gasteiger partial charge in [0.05, 0.1) is 6.61 Å². The average molecular weight is 284 g/mol. The van der Waals surface area contributed by atoms with Crippen molar-refractivity contribution in [3.8, 4) is 5.75 Å². The second kappa shape index (κ2) is 4.36. The lowest BCUT2D eigenvalue weighted by atomic mass is 9.67. The first-order valence-corrected chi connectivity index (χ1v) is 7.75. The van der Waals surface area contributed by atoms with Gasteiger partial charge in [-0.15, -0.1) is 0 Å². The van der Waals surface area contributed by atoms with E-state index in [4.69, 9.17) is 9.47 Å². The van der Waals surface area contributed by atoms with Crippen LogP contribution in [0.4, 0.5) is 0 Å². The molecule has 2 aliphatic heterocycles. The highest BCUT2D eigenvalue weighted by Crippen LogP contribution is 2.53. The van der Waals surface area contributed by atoms with E-state index >= 15 is 0 Å². The van der Waals surface area contributed by atoms with E-state index in [9.17, 15) is 4.79 Å². The van der Waals surface area contributed by atoms with E-state index in [1.807, 2.05) is 18.2 Å². The number of fused-ring (bicyclic) bond motifs is 4. The molecule has 1 aliphatic carbocycles. The molecule has 2 atom stereocenters. The lowest BCUT2D eigenvalue weighted by Gasteiger charge is -2.49. The van der Waals surface area contributed by atoms with Crippen LogP contribution in [0.2, 0.25) is 0 Å². The maximum Gasteiger partial charge on any atom is 0.162 e. The van der Waals surface area contributed by atoms with Gasteiger partial charge in [-0.2, -0.15) is 0 Å². The summed E-state index contributed by atoms with van der Waals surface area (Å²) >= 11 is 0. The van der Waals surface area contributed by atoms with Crippen LogP contribution in [0.3, 0.4) is 0 Å². The summed E-state index contributed by atoms with van der Waals surface area (Å²) in [6, 6.07) is 8.11. The summed E-state index contributed by atoms with van der Waals surface area (Å²) in [5.74, 6) is 2.42. The second-order valence-corrected chi connectivity index (χ2v) is 6.75. The summed E-state index contributed by atoms with van der Waals surface area (Å²) in [4.78, 5) is 12.5. The number of ketones is 1. The maximum absolute atomic E-state index is 12.5. The average Bonchev–Trinajstić information content (AvgIpc) is 2.46. The highest BCUT2D eigenvalue weighted by Gasteiger charge is 2.50. The van der Waals surface area contributed by atoms with Crippen LogP contribution >= 0.6 is 0 Å². The van der Waals surface area contributed by atoms with Gasteiger partial charge in [0, 0.05) is 35.8 Å². The molecule has 0 saturated heterocycles. The van der Waals surface area contributed by atoms with Crippen molar-refractivity contribution in [1.82, 2.24) is 0 Å². The molecule has 21 heavy (non-hydrogen) atoms. The molecule has 0 aromatic heterocycles. The first kappa shape index (κ1) is 12.9. The number of hydrogen-bond acceptors (Lipinski definition) is 3. The number of carbonyl (C=O) groups is 1. The Kier molecular flexibility index (Phi) is 2.69. The van der Waals surface area contributed by atoms with E-state index in [1.54, 1.807) is 0 Å². The van der Waals surface area contributed by atoms with Gasteiger partial charge in [0.1, 0.15) is 17.1 Å². The van der Waals surface area contributed by atoms with Crippen molar-refractivity contribution in [2.45, 2.75) is 44.6 Å². The first-order chi connectivity index (χ1) is 10.1. The Labute approximate surface area is 124 Å². The summed E-state index contributed by atoms with van der Waals surface area (Å²) in [5.41, 5.74) is 1.77. The zero-order valence-electron chi connectivity index (χ0n) is 12.5. The Morgan fingerprint density at radius 3 is 2.86 bits per heavy atom. The minimum Gasteiger partial charge on any atom is -0.493 e. The summed E-state index contributed by atoms with van der Waals surface area (Å²) in [6.07, 6.45) is 2.44. The first-order valence-electron chi connectivity index (χ1n) is 7.75. The van der Waals surface area contributed by atoms with E-state index < -0.39 is 0 Å². The van der Waals surface area contributed by atoms with Crippen molar-refractivity contribution in [2.75, 3.05) is 6.61 Å². The number of para-hydroxylation sites is 1. The topological polar surface area (TPSA) is 35.5 Å². The lowest BCUT2D eigenvalue weighted by molar-refractivity contribution is -0.121. The highest BCUT2D eigenvalue weighted by molar-refractivity contribution is 5.98. The van der Waals surface area contributed by atoms with Crippen LogP contribution in [-0.2, 0) is 9.53 Å². The largest absolute Gasteiger partial charge is 0.493 e. The van der Waals surface area contributed by atoms with Gasteiger partial charge in [-0.3, -0.25) is 4.79 Å². The van der Waals surface area contributed by atoms with Crippen molar-refractivity contribution in [1.29, 1.82) is 0 Å². The van der Waals surface area contributed by atoms with Gasteiger partial charge in [-0.25, -0.2) is 0 Å². The van der Waals surface area contributed by atoms with Crippen molar-refractivity contribution in [3.05, 3.63) is 41.2 Å². The Morgan fingerprint density at radius 2 is 2.00 bits per heavy atom. The van der Waals surface area contributed by atoms with Crippen LogP contribution in [0, 0.1) is 5.92 Å². The lowest BCUT2D eigenvalue weighted by Crippen LogP contribution is -2.49. The van der Waals surface area contributed by atoms with Gasteiger partial charge in [0.15, 0.2) is 5.78 Å². The molecular formula is C18H20O3. The Hall–Kier alpha value is -1.77. The van der Waals surface area contributed by atoms with E-state index in [0.29, 0.717) is 13.0 Å². The van der Waals surface area contributed by atoms with Gasteiger partial charge in [0.2, 0.25) is 0 Å². The molecular weight excluding hydrogens is 264 g/mol. The molecule has 4 rings (SSSR count). The number of Topliss-reactive ketones (excluding diaryl/α,β-unsaturated/α-hetero) is 1. The number of hydrogen-bond donors (Lipinski definition) is 0. The molecule has 0 fully saturated rings. The van der Waals surface area contributed by atoms with Crippen LogP contribution in [0.15, 0.2) is 35.6 Å². The highest BCUT2D eigenvalue weighted by atomic mass is 16.5. The van der Waals surface area contributed by atoms with Crippen LogP contribution in [0.25, 0.3) is 0 Å². The normalized spacial score (nSPS) is 29.7. The Morgan fingerprint density at radius 1 is 1.19 bits per heavy atom. The standard InChI is InChI=1S/C18H20O3/c1-18(2)12-10-20-14-8-4-3-6-11(14)16(12)17-13(19)7-5-9-15(17)21-18/h3-4,6,8,12,16H,5,7,9-10H2,1-2H3. The molecule has 3 heteroatoms. The van der Waals surface area contributed by atoms with Gasteiger partial charge in [0.25, 0.3) is 0 Å². The van der Waals surface area contributed by atoms with Crippen molar-refractivity contribution >= 4 is 5.78 Å². The van der Waals surface area contributed by atoms with Crippen molar-refractivity contribution in [2.24, 2.45) is 5.92 Å². The van der Waals surface area contributed by atoms with Crippen LogP contribution in [0.1, 0.15) is 44.6 Å². The van der Waals surface area contributed by atoms with Crippen molar-refractivity contribution in [3.63, 3.8) is 0 Å². The quantitative estimate of drug-likeness (QED) is 0.730. The molecule has 3 nitrogen and oxygen atoms in total. The number of benzene rings is 1. The molecule has 0 spiro atoms. The van der Waals surface area contributed by atoms with Gasteiger partial charge in [-0.1, -0.05) is 18.2 Å². The fourth-order valence-corrected chi connectivity index (χ4v) is 4.00. The van der Waals surface area contributed by atoms with E-state index in [-0.39, 0.29) is 23.2 Å². The molecule has 0 N–H and O–H groups in total. The zero-order chi connectivity index (χ0) is 14.6. The second-order valence-electron chi connectivity index (χ2n) is 6.75. The number of carbonyl (C=O) groups excluding carboxylic acids is 1. The molecule has 2 heterocycles. The molecule has 110 valence electrons. The molecule has 0 amide bonds. The molecule has 0 bridgehead atoms. The molecule has 1 aromatic rings. The summed E-state index contributed by atoms with van der Waals surface area (Å²) in [7, 11) is 0. The SMILES string of the molecule is CC1(C)OC2=C(C(=O)CCC2)C2c3ccccc3OCC21. The summed E-state index contributed by atoms with van der Waals surface area (Å²) in [6.45, 7) is 4.84. The predicted molar refractivity (Wildman–Crippen MR) is 79.2 cm³/mol. The van der Waals surface area contributed by atoms with E-state index in [2.05, 4.69) is 19.9 Å². The van der Waals surface area contributed by atoms with Crippen LogP contribution in [0.5, 0.6) is 5.75 Å². The molecule has 1 aromatic carbocycles. The Bertz CT molecular complexity index is 642. The fourth-order valence-electron chi connectivity index (χ4n) is 4.00. The van der Waals surface area contributed by atoms with Crippen LogP contribution < -0.4 is 4.74 Å². The smallest absolute Gasteiger partial charge is 0.162 e.